The van der Waals surface area contributed by atoms with Gasteiger partial charge in [0.25, 0.3) is 0 Å². The summed E-state index contributed by atoms with van der Waals surface area (Å²) in [6, 6.07) is 1.82. The van der Waals surface area contributed by atoms with Crippen LogP contribution in [0.25, 0.3) is 0 Å². The van der Waals surface area contributed by atoms with Gasteiger partial charge in [-0.3, -0.25) is 9.69 Å². The van der Waals surface area contributed by atoms with Crippen LogP contribution in [0, 0.1) is 0 Å². The molecule has 0 atom stereocenters. The van der Waals surface area contributed by atoms with E-state index in [1.165, 1.54) is 0 Å². The normalized spacial score (nSPS) is 16.6. The van der Waals surface area contributed by atoms with Gasteiger partial charge < -0.3 is 10.2 Å². The summed E-state index contributed by atoms with van der Waals surface area (Å²) in [7, 11) is 0. The van der Waals surface area contributed by atoms with Crippen molar-refractivity contribution in [3.05, 3.63) is 18.5 Å². The molecule has 1 amide bonds. The fourth-order valence-corrected chi connectivity index (χ4v) is 1.89. The molecular weight excluding hydrogens is 230 g/mol. The SMILES string of the molecule is CCC(=O)NCN1CCN(c2ncccn2)CC1. The number of nitrogens with zero attached hydrogens (tertiary/aromatic N) is 4. The van der Waals surface area contributed by atoms with Crippen molar-refractivity contribution in [2.45, 2.75) is 13.3 Å². The first kappa shape index (κ1) is 12.8. The summed E-state index contributed by atoms with van der Waals surface area (Å²) in [5, 5.41) is 2.89. The van der Waals surface area contributed by atoms with Gasteiger partial charge in [-0.2, -0.15) is 0 Å². The van der Waals surface area contributed by atoms with Gasteiger partial charge in [-0.15, -0.1) is 0 Å². The summed E-state index contributed by atoms with van der Waals surface area (Å²) >= 11 is 0. The summed E-state index contributed by atoms with van der Waals surface area (Å²) in [6.07, 6.45) is 4.06. The van der Waals surface area contributed by atoms with Crippen molar-refractivity contribution in [3.63, 3.8) is 0 Å². The summed E-state index contributed by atoms with van der Waals surface area (Å²) in [4.78, 5) is 24.0. The molecule has 0 unspecified atom stereocenters. The zero-order chi connectivity index (χ0) is 12.8. The third-order valence-corrected chi connectivity index (χ3v) is 3.03. The number of piperazine rings is 1. The van der Waals surface area contributed by atoms with E-state index in [0.717, 1.165) is 32.1 Å². The number of carbonyl (C=O) groups is 1. The molecule has 0 radical (unpaired) electrons. The van der Waals surface area contributed by atoms with E-state index in [4.69, 9.17) is 0 Å². The molecule has 18 heavy (non-hydrogen) atoms. The maximum atomic E-state index is 11.2. The number of nitrogens with one attached hydrogen (secondary N) is 1. The van der Waals surface area contributed by atoms with Gasteiger partial charge in [0.1, 0.15) is 0 Å². The molecule has 6 nitrogen and oxygen atoms in total. The van der Waals surface area contributed by atoms with Crippen LogP contribution in [0.3, 0.4) is 0 Å². The summed E-state index contributed by atoms with van der Waals surface area (Å²) in [5.74, 6) is 0.888. The highest BCUT2D eigenvalue weighted by Crippen LogP contribution is 2.08. The van der Waals surface area contributed by atoms with Crippen LogP contribution in [0.5, 0.6) is 0 Å². The smallest absolute Gasteiger partial charge is 0.225 e. The largest absolute Gasteiger partial charge is 0.343 e. The Labute approximate surface area is 107 Å². The lowest BCUT2D eigenvalue weighted by atomic mass is 10.3. The van der Waals surface area contributed by atoms with Gasteiger partial charge in [0.15, 0.2) is 0 Å². The number of anilines is 1. The quantitative estimate of drug-likeness (QED) is 0.819. The van der Waals surface area contributed by atoms with Gasteiger partial charge in [0.2, 0.25) is 11.9 Å². The average Bonchev–Trinajstić information content (AvgIpc) is 2.46. The maximum absolute atomic E-state index is 11.2. The molecule has 6 heteroatoms. The second-order valence-electron chi connectivity index (χ2n) is 4.27. The maximum Gasteiger partial charge on any atom is 0.225 e. The Bertz CT molecular complexity index is 375. The molecule has 1 N–H and O–H groups in total. The number of rotatable bonds is 4. The fraction of sp³-hybridized carbons (Fsp3) is 0.583. The van der Waals surface area contributed by atoms with Crippen molar-refractivity contribution in [3.8, 4) is 0 Å². The molecule has 0 aromatic carbocycles. The van der Waals surface area contributed by atoms with E-state index in [2.05, 4.69) is 25.1 Å². The summed E-state index contributed by atoms with van der Waals surface area (Å²) in [5.41, 5.74) is 0. The number of carbonyl (C=O) groups excluding carboxylic acids is 1. The van der Waals surface area contributed by atoms with Crippen LogP contribution >= 0.6 is 0 Å². The average molecular weight is 249 g/mol. The van der Waals surface area contributed by atoms with Gasteiger partial charge in [-0.25, -0.2) is 9.97 Å². The number of hydrogen-bond acceptors (Lipinski definition) is 5. The standard InChI is InChI=1S/C12H19N5O/c1-2-11(18)15-10-16-6-8-17(9-7-16)12-13-4-3-5-14-12/h3-5H,2,6-10H2,1H3,(H,15,18). The van der Waals surface area contributed by atoms with Gasteiger partial charge in [-0.1, -0.05) is 6.92 Å². The lowest BCUT2D eigenvalue weighted by Crippen LogP contribution is -2.50. The van der Waals surface area contributed by atoms with Crippen LogP contribution in [0.4, 0.5) is 5.95 Å². The molecule has 2 rings (SSSR count). The highest BCUT2D eigenvalue weighted by Gasteiger charge is 2.18. The van der Waals surface area contributed by atoms with Crippen molar-refractivity contribution < 1.29 is 4.79 Å². The van der Waals surface area contributed by atoms with E-state index in [-0.39, 0.29) is 5.91 Å². The molecule has 0 aliphatic carbocycles. The molecule has 2 heterocycles. The second kappa shape index (κ2) is 6.30. The number of amides is 1. The van der Waals surface area contributed by atoms with Crippen molar-refractivity contribution in [2.24, 2.45) is 0 Å². The predicted molar refractivity (Wildman–Crippen MR) is 69.1 cm³/mol. The Kier molecular flexibility index (Phi) is 4.46. The number of aromatic nitrogens is 2. The zero-order valence-electron chi connectivity index (χ0n) is 10.7. The minimum atomic E-state index is 0.101. The van der Waals surface area contributed by atoms with E-state index in [0.29, 0.717) is 13.1 Å². The molecule has 98 valence electrons. The highest BCUT2D eigenvalue weighted by atomic mass is 16.1. The molecule has 1 aromatic rings. The van der Waals surface area contributed by atoms with E-state index in [9.17, 15) is 4.79 Å². The van der Waals surface area contributed by atoms with Crippen molar-refractivity contribution in [1.82, 2.24) is 20.2 Å². The molecule has 1 fully saturated rings. The van der Waals surface area contributed by atoms with E-state index in [1.807, 2.05) is 13.0 Å². The first-order valence-electron chi connectivity index (χ1n) is 6.30. The second-order valence-corrected chi connectivity index (χ2v) is 4.27. The third kappa shape index (κ3) is 3.40. The molecule has 0 bridgehead atoms. The topological polar surface area (TPSA) is 61.4 Å². The Morgan fingerprint density at radius 3 is 2.56 bits per heavy atom. The molecule has 1 saturated heterocycles. The predicted octanol–water partition coefficient (Wildman–Crippen LogP) is 0.0823. The lowest BCUT2D eigenvalue weighted by molar-refractivity contribution is -0.121. The summed E-state index contributed by atoms with van der Waals surface area (Å²) < 4.78 is 0. The van der Waals surface area contributed by atoms with Crippen LogP contribution in [0.2, 0.25) is 0 Å². The van der Waals surface area contributed by atoms with Crippen molar-refractivity contribution >= 4 is 11.9 Å². The minimum Gasteiger partial charge on any atom is -0.343 e. The third-order valence-electron chi connectivity index (χ3n) is 3.03. The van der Waals surface area contributed by atoms with E-state index >= 15 is 0 Å². The Morgan fingerprint density at radius 1 is 1.28 bits per heavy atom. The summed E-state index contributed by atoms with van der Waals surface area (Å²) in [6.45, 7) is 6.12. The van der Waals surface area contributed by atoms with Crippen LogP contribution in [0.1, 0.15) is 13.3 Å². The van der Waals surface area contributed by atoms with Crippen LogP contribution in [-0.2, 0) is 4.79 Å². The Morgan fingerprint density at radius 2 is 1.94 bits per heavy atom. The van der Waals surface area contributed by atoms with Gasteiger partial charge in [0, 0.05) is 45.0 Å². The first-order valence-corrected chi connectivity index (χ1v) is 6.30. The zero-order valence-corrected chi connectivity index (χ0v) is 10.7. The van der Waals surface area contributed by atoms with Gasteiger partial charge in [0.05, 0.1) is 6.67 Å². The van der Waals surface area contributed by atoms with E-state index in [1.54, 1.807) is 12.4 Å². The number of hydrogen-bond donors (Lipinski definition) is 1. The monoisotopic (exact) mass is 249 g/mol. The molecule has 0 spiro atoms. The Hall–Kier alpha value is -1.69. The Balaban J connectivity index is 1.76. The van der Waals surface area contributed by atoms with E-state index < -0.39 is 0 Å². The van der Waals surface area contributed by atoms with Gasteiger partial charge in [-0.05, 0) is 6.07 Å². The first-order chi connectivity index (χ1) is 8.79. The molecule has 0 saturated carbocycles. The highest BCUT2D eigenvalue weighted by molar-refractivity contribution is 5.75. The lowest BCUT2D eigenvalue weighted by Gasteiger charge is -2.34. The van der Waals surface area contributed by atoms with Crippen LogP contribution in [-0.4, -0.2) is 53.6 Å². The molecular formula is C12H19N5O. The molecule has 1 aromatic heterocycles. The molecule has 1 aliphatic rings. The minimum absolute atomic E-state index is 0.101. The fourth-order valence-electron chi connectivity index (χ4n) is 1.89. The van der Waals surface area contributed by atoms with Crippen molar-refractivity contribution in [1.29, 1.82) is 0 Å². The molecule has 1 aliphatic heterocycles. The van der Waals surface area contributed by atoms with Gasteiger partial charge >= 0.3 is 0 Å². The van der Waals surface area contributed by atoms with Crippen LogP contribution < -0.4 is 10.2 Å². The van der Waals surface area contributed by atoms with Crippen LogP contribution in [0.15, 0.2) is 18.5 Å². The van der Waals surface area contributed by atoms with Crippen molar-refractivity contribution in [2.75, 3.05) is 37.7 Å².